The molecule has 3 N–H and O–H groups in total. The maximum atomic E-state index is 13.4. The molecule has 1 heterocycles. The topological polar surface area (TPSA) is 105 Å². The number of alkyl carbamates (subject to hydrolysis) is 1. The summed E-state index contributed by atoms with van der Waals surface area (Å²) >= 11 is 0. The van der Waals surface area contributed by atoms with E-state index in [0.29, 0.717) is 0 Å². The number of hydrogen-bond acceptors (Lipinski definition) is 5. The summed E-state index contributed by atoms with van der Waals surface area (Å²) in [5.41, 5.74) is 8.34. The Labute approximate surface area is 181 Å². The molecule has 1 atom stereocenters. The summed E-state index contributed by atoms with van der Waals surface area (Å²) in [5.74, 6) is -0.969. The van der Waals surface area contributed by atoms with Crippen LogP contribution >= 0.6 is 0 Å². The van der Waals surface area contributed by atoms with Gasteiger partial charge in [-0.1, -0.05) is 68.4 Å². The smallest absolute Gasteiger partial charge is 0.408 e. The molecule has 3 amide bonds. The molecule has 0 spiro atoms. The number of fused-ring (bicyclic) bond motifs is 1. The van der Waals surface area contributed by atoms with Crippen molar-refractivity contribution in [2.75, 3.05) is 6.54 Å². The molecule has 0 saturated carbocycles. The van der Waals surface area contributed by atoms with Crippen LogP contribution in [0.15, 0.2) is 54.6 Å². The van der Waals surface area contributed by atoms with E-state index in [1.807, 2.05) is 68.4 Å². The Hall–Kier alpha value is -3.39. The highest BCUT2D eigenvalue weighted by Gasteiger charge is 2.36. The second-order valence-electron chi connectivity index (χ2n) is 7.75. The lowest BCUT2D eigenvalue weighted by Gasteiger charge is -2.41. The quantitative estimate of drug-likeness (QED) is 0.740. The number of amides is 3. The minimum atomic E-state index is -0.860. The summed E-state index contributed by atoms with van der Waals surface area (Å²) in [6, 6.07) is 16.1. The van der Waals surface area contributed by atoms with E-state index in [-0.39, 0.29) is 44.0 Å². The number of hydrazine groups is 1. The molecule has 3 rings (SSSR count). The third kappa shape index (κ3) is 5.40. The Balaban J connectivity index is 1.74. The summed E-state index contributed by atoms with van der Waals surface area (Å²) in [6.45, 7) is 4.01. The van der Waals surface area contributed by atoms with E-state index in [1.54, 1.807) is 0 Å². The summed E-state index contributed by atoms with van der Waals surface area (Å²) in [7, 11) is 0. The molecular formula is C23H28N4O4. The van der Waals surface area contributed by atoms with Crippen LogP contribution in [0, 0.1) is 5.92 Å². The molecule has 0 aromatic heterocycles. The largest absolute Gasteiger partial charge is 0.445 e. The zero-order valence-corrected chi connectivity index (χ0v) is 17.8. The number of rotatable bonds is 6. The first-order valence-corrected chi connectivity index (χ1v) is 10.3. The highest BCUT2D eigenvalue weighted by molar-refractivity contribution is 5.89. The van der Waals surface area contributed by atoms with Crippen molar-refractivity contribution in [3.8, 4) is 0 Å². The van der Waals surface area contributed by atoms with E-state index >= 15 is 0 Å². The van der Waals surface area contributed by atoms with Gasteiger partial charge in [0.05, 0.1) is 19.6 Å². The van der Waals surface area contributed by atoms with Crippen LogP contribution in [-0.4, -0.2) is 40.5 Å². The van der Waals surface area contributed by atoms with Gasteiger partial charge >= 0.3 is 6.09 Å². The van der Waals surface area contributed by atoms with Crippen LogP contribution in [-0.2, 0) is 34.0 Å². The third-order valence-corrected chi connectivity index (χ3v) is 5.19. The number of ether oxygens (including phenoxy) is 1. The van der Waals surface area contributed by atoms with Crippen molar-refractivity contribution >= 4 is 17.9 Å². The second-order valence-corrected chi connectivity index (χ2v) is 7.75. The van der Waals surface area contributed by atoms with Crippen LogP contribution in [0.4, 0.5) is 4.79 Å². The number of nitrogens with one attached hydrogen (secondary N) is 1. The molecule has 31 heavy (non-hydrogen) atoms. The molecule has 8 heteroatoms. The molecule has 1 aliphatic rings. The van der Waals surface area contributed by atoms with Gasteiger partial charge in [-0.05, 0) is 22.6 Å². The van der Waals surface area contributed by atoms with E-state index in [9.17, 15) is 14.4 Å². The van der Waals surface area contributed by atoms with Gasteiger partial charge in [0.1, 0.15) is 12.6 Å². The first-order valence-electron chi connectivity index (χ1n) is 10.3. The zero-order valence-electron chi connectivity index (χ0n) is 17.8. The molecule has 2 aromatic rings. The summed E-state index contributed by atoms with van der Waals surface area (Å²) < 4.78 is 5.28. The van der Waals surface area contributed by atoms with Crippen molar-refractivity contribution in [3.05, 3.63) is 71.3 Å². The highest BCUT2D eigenvalue weighted by Crippen LogP contribution is 2.24. The summed E-state index contributed by atoms with van der Waals surface area (Å²) in [4.78, 5) is 38.3. The van der Waals surface area contributed by atoms with Crippen LogP contribution in [0.1, 0.15) is 30.5 Å². The Kier molecular flexibility index (Phi) is 7.25. The lowest BCUT2D eigenvalue weighted by Crippen LogP contribution is -2.59. The number of carbonyl (C=O) groups excluding carboxylic acids is 3. The van der Waals surface area contributed by atoms with Gasteiger partial charge in [-0.3, -0.25) is 9.59 Å². The van der Waals surface area contributed by atoms with Gasteiger partial charge in [-0.25, -0.2) is 14.8 Å². The van der Waals surface area contributed by atoms with Crippen molar-refractivity contribution in [2.24, 2.45) is 11.7 Å². The first kappa shape index (κ1) is 22.3. The monoisotopic (exact) mass is 424 g/mol. The third-order valence-electron chi connectivity index (χ3n) is 5.19. The van der Waals surface area contributed by atoms with E-state index in [4.69, 9.17) is 10.5 Å². The molecule has 0 fully saturated rings. The fourth-order valence-electron chi connectivity index (χ4n) is 3.45. The summed E-state index contributed by atoms with van der Waals surface area (Å²) in [6.07, 6.45) is -0.690. The van der Waals surface area contributed by atoms with Gasteiger partial charge in [-0.2, -0.15) is 0 Å². The van der Waals surface area contributed by atoms with Crippen molar-refractivity contribution in [3.63, 3.8) is 0 Å². The number of hydrogen-bond donors (Lipinski definition) is 2. The van der Waals surface area contributed by atoms with Gasteiger partial charge in [0.2, 0.25) is 0 Å². The number of nitrogens with zero attached hydrogens (tertiary/aromatic N) is 2. The van der Waals surface area contributed by atoms with Gasteiger partial charge in [0.15, 0.2) is 0 Å². The van der Waals surface area contributed by atoms with Crippen LogP contribution in [0.3, 0.4) is 0 Å². The molecule has 8 nitrogen and oxygen atoms in total. The minimum Gasteiger partial charge on any atom is -0.445 e. The van der Waals surface area contributed by atoms with Crippen LogP contribution in [0.25, 0.3) is 0 Å². The Morgan fingerprint density at radius 1 is 0.968 bits per heavy atom. The standard InChI is InChI=1S/C23H28N4O4/c1-16(2)21(25-23(30)31-15-17-8-4-3-5-9-17)22(29)27-14-19-11-7-6-10-18(19)13-26(27)20(28)12-24/h3-11,16,21H,12-15,24H2,1-2H3,(H,25,30)/t21-/m0/s1. The molecule has 0 unspecified atom stereocenters. The molecular weight excluding hydrogens is 396 g/mol. The molecule has 0 aliphatic carbocycles. The Bertz CT molecular complexity index is 932. The normalized spacial score (nSPS) is 14.1. The first-order chi connectivity index (χ1) is 14.9. The van der Waals surface area contributed by atoms with Gasteiger partial charge in [0.25, 0.3) is 11.8 Å². The zero-order chi connectivity index (χ0) is 22.4. The highest BCUT2D eigenvalue weighted by atomic mass is 16.5. The van der Waals surface area contributed by atoms with Crippen molar-refractivity contribution < 1.29 is 19.1 Å². The predicted octanol–water partition coefficient (Wildman–Crippen LogP) is 2.18. The average molecular weight is 425 g/mol. The molecule has 0 bridgehead atoms. The van der Waals surface area contributed by atoms with Crippen LogP contribution < -0.4 is 11.1 Å². The molecule has 0 saturated heterocycles. The van der Waals surface area contributed by atoms with Crippen LogP contribution in [0.5, 0.6) is 0 Å². The molecule has 2 aromatic carbocycles. The second kappa shape index (κ2) is 10.1. The summed E-state index contributed by atoms with van der Waals surface area (Å²) in [5, 5.41) is 5.40. The fourth-order valence-corrected chi connectivity index (χ4v) is 3.45. The Morgan fingerprint density at radius 3 is 2.13 bits per heavy atom. The van der Waals surface area contributed by atoms with Gasteiger partial charge < -0.3 is 15.8 Å². The van der Waals surface area contributed by atoms with Crippen LogP contribution in [0.2, 0.25) is 0 Å². The lowest BCUT2D eigenvalue weighted by molar-refractivity contribution is -0.170. The molecule has 0 radical (unpaired) electrons. The van der Waals surface area contributed by atoms with E-state index < -0.39 is 12.1 Å². The number of carbonyl (C=O) groups is 3. The lowest BCUT2D eigenvalue weighted by atomic mass is 10.0. The number of nitrogens with two attached hydrogens (primary N) is 1. The van der Waals surface area contributed by atoms with Crippen molar-refractivity contribution in [1.29, 1.82) is 0 Å². The minimum absolute atomic E-state index is 0.0978. The van der Waals surface area contributed by atoms with Gasteiger partial charge in [0, 0.05) is 0 Å². The predicted molar refractivity (Wildman–Crippen MR) is 115 cm³/mol. The van der Waals surface area contributed by atoms with E-state index in [2.05, 4.69) is 5.32 Å². The fraction of sp³-hybridized carbons (Fsp3) is 0.348. The van der Waals surface area contributed by atoms with E-state index in [0.717, 1.165) is 16.7 Å². The number of benzene rings is 2. The maximum Gasteiger partial charge on any atom is 0.408 e. The maximum absolute atomic E-state index is 13.4. The van der Waals surface area contributed by atoms with E-state index in [1.165, 1.54) is 10.0 Å². The van der Waals surface area contributed by atoms with Crippen molar-refractivity contribution in [2.45, 2.75) is 39.6 Å². The van der Waals surface area contributed by atoms with Gasteiger partial charge in [-0.15, -0.1) is 0 Å². The van der Waals surface area contributed by atoms with Crippen molar-refractivity contribution in [1.82, 2.24) is 15.3 Å². The molecule has 164 valence electrons. The SMILES string of the molecule is CC(C)[C@H](NC(=O)OCc1ccccc1)C(=O)N1Cc2ccccc2CN1C(=O)CN. The molecule has 1 aliphatic heterocycles. The Morgan fingerprint density at radius 2 is 1.55 bits per heavy atom. The average Bonchev–Trinajstić information content (AvgIpc) is 2.79.